The lowest BCUT2D eigenvalue weighted by atomic mass is 10.2. The van der Waals surface area contributed by atoms with Crippen LogP contribution in [0.3, 0.4) is 0 Å². The molecule has 19 heavy (non-hydrogen) atoms. The van der Waals surface area contributed by atoms with E-state index < -0.39 is 0 Å². The van der Waals surface area contributed by atoms with E-state index >= 15 is 0 Å². The Kier molecular flexibility index (Phi) is 3.64. The van der Waals surface area contributed by atoms with E-state index in [4.69, 9.17) is 0 Å². The zero-order chi connectivity index (χ0) is 14.0. The Morgan fingerprint density at radius 1 is 1.26 bits per heavy atom. The molecule has 5 heteroatoms. The number of hydrogen-bond acceptors (Lipinski definition) is 4. The fourth-order valence-electron chi connectivity index (χ4n) is 2.03. The maximum atomic E-state index is 12.0. The molecule has 2 rings (SSSR count). The summed E-state index contributed by atoms with van der Waals surface area (Å²) in [6, 6.07) is 3.69. The van der Waals surface area contributed by atoms with Gasteiger partial charge in [-0.15, -0.1) is 0 Å². The molecule has 0 amide bonds. The molecule has 0 spiro atoms. The van der Waals surface area contributed by atoms with Crippen molar-refractivity contribution in [2.45, 2.75) is 20.4 Å². The molecule has 2 heterocycles. The van der Waals surface area contributed by atoms with Gasteiger partial charge in [-0.3, -0.25) is 4.79 Å². The van der Waals surface area contributed by atoms with Gasteiger partial charge in [-0.1, -0.05) is 6.07 Å². The predicted octanol–water partition coefficient (Wildman–Crippen LogP) is 1.37. The van der Waals surface area contributed by atoms with E-state index in [0.29, 0.717) is 6.54 Å². The molecule has 0 fully saturated rings. The number of pyridine rings is 1. The predicted molar refractivity (Wildman–Crippen MR) is 75.6 cm³/mol. The highest BCUT2D eigenvalue weighted by atomic mass is 16.1. The molecule has 0 N–H and O–H groups in total. The number of nitrogens with zero attached hydrogens (tertiary/aromatic N) is 4. The van der Waals surface area contributed by atoms with Crippen LogP contribution in [-0.4, -0.2) is 28.6 Å². The summed E-state index contributed by atoms with van der Waals surface area (Å²) >= 11 is 0. The van der Waals surface area contributed by atoms with Crippen LogP contribution in [0.25, 0.3) is 0 Å². The highest BCUT2D eigenvalue weighted by Crippen LogP contribution is 2.16. The second kappa shape index (κ2) is 5.22. The number of anilines is 1. The van der Waals surface area contributed by atoms with E-state index in [0.717, 1.165) is 22.6 Å². The Labute approximate surface area is 112 Å². The Bertz CT molecular complexity index is 646. The molecule has 0 aromatic carbocycles. The third-order valence-electron chi connectivity index (χ3n) is 3.12. The van der Waals surface area contributed by atoms with Gasteiger partial charge in [0.15, 0.2) is 0 Å². The van der Waals surface area contributed by atoms with Crippen LogP contribution in [0.15, 0.2) is 29.5 Å². The van der Waals surface area contributed by atoms with Gasteiger partial charge in [0.2, 0.25) is 0 Å². The van der Waals surface area contributed by atoms with E-state index in [1.807, 2.05) is 45.0 Å². The summed E-state index contributed by atoms with van der Waals surface area (Å²) in [6.45, 7) is 4.26. The highest BCUT2D eigenvalue weighted by Gasteiger charge is 2.09. The summed E-state index contributed by atoms with van der Waals surface area (Å²) in [5, 5.41) is 0. The number of rotatable bonds is 3. The number of aryl methyl sites for hydroxylation is 1. The highest BCUT2D eigenvalue weighted by molar-refractivity contribution is 5.46. The van der Waals surface area contributed by atoms with Crippen LogP contribution in [-0.2, 0) is 6.54 Å². The molecule has 0 aliphatic heterocycles. The SMILES string of the molecule is Cc1c(Cn2cccc(C)c2=O)ncnc1N(C)C. The van der Waals surface area contributed by atoms with Crippen molar-refractivity contribution in [3.05, 3.63) is 51.8 Å². The van der Waals surface area contributed by atoms with Crippen molar-refractivity contribution in [2.75, 3.05) is 19.0 Å². The van der Waals surface area contributed by atoms with Gasteiger partial charge in [-0.05, 0) is 19.9 Å². The zero-order valence-electron chi connectivity index (χ0n) is 11.7. The van der Waals surface area contributed by atoms with Gasteiger partial charge < -0.3 is 9.47 Å². The smallest absolute Gasteiger partial charge is 0.253 e. The lowest BCUT2D eigenvalue weighted by Crippen LogP contribution is -2.23. The maximum Gasteiger partial charge on any atom is 0.253 e. The average molecular weight is 258 g/mol. The normalized spacial score (nSPS) is 10.5. The lowest BCUT2D eigenvalue weighted by molar-refractivity contribution is 0.723. The summed E-state index contributed by atoms with van der Waals surface area (Å²) in [6.07, 6.45) is 3.32. The summed E-state index contributed by atoms with van der Waals surface area (Å²) in [5.41, 5.74) is 2.63. The van der Waals surface area contributed by atoms with Gasteiger partial charge >= 0.3 is 0 Å². The Hall–Kier alpha value is -2.17. The third-order valence-corrected chi connectivity index (χ3v) is 3.12. The maximum absolute atomic E-state index is 12.0. The quantitative estimate of drug-likeness (QED) is 0.834. The third kappa shape index (κ3) is 2.65. The van der Waals surface area contributed by atoms with Crippen molar-refractivity contribution in [2.24, 2.45) is 0 Å². The van der Waals surface area contributed by atoms with Crippen molar-refractivity contribution in [3.63, 3.8) is 0 Å². The first-order valence-corrected chi connectivity index (χ1v) is 6.14. The molecule has 0 saturated heterocycles. The monoisotopic (exact) mass is 258 g/mol. The van der Waals surface area contributed by atoms with Crippen LogP contribution in [0.5, 0.6) is 0 Å². The molecule has 0 radical (unpaired) electrons. The van der Waals surface area contributed by atoms with Crippen molar-refractivity contribution >= 4 is 5.82 Å². The first kappa shape index (κ1) is 13.3. The first-order valence-electron chi connectivity index (χ1n) is 6.14. The van der Waals surface area contributed by atoms with Gasteiger partial charge in [0.25, 0.3) is 5.56 Å². The average Bonchev–Trinajstić information content (AvgIpc) is 2.37. The van der Waals surface area contributed by atoms with Gasteiger partial charge in [-0.25, -0.2) is 9.97 Å². The molecule has 100 valence electrons. The summed E-state index contributed by atoms with van der Waals surface area (Å²) in [4.78, 5) is 22.5. The van der Waals surface area contributed by atoms with Gasteiger partial charge in [-0.2, -0.15) is 0 Å². The fourth-order valence-corrected chi connectivity index (χ4v) is 2.03. The van der Waals surface area contributed by atoms with Crippen LogP contribution in [0.1, 0.15) is 16.8 Å². The molecule has 0 aliphatic rings. The minimum absolute atomic E-state index is 0.0203. The molecular weight excluding hydrogens is 240 g/mol. The van der Waals surface area contributed by atoms with E-state index in [1.54, 1.807) is 17.1 Å². The van der Waals surface area contributed by atoms with Gasteiger partial charge in [0, 0.05) is 31.4 Å². The molecule has 0 saturated carbocycles. The van der Waals surface area contributed by atoms with Crippen molar-refractivity contribution in [3.8, 4) is 0 Å². The Balaban J connectivity index is 2.42. The lowest BCUT2D eigenvalue weighted by Gasteiger charge is -2.16. The minimum atomic E-state index is 0.0203. The fraction of sp³-hybridized carbons (Fsp3) is 0.357. The molecule has 2 aromatic rings. The van der Waals surface area contributed by atoms with E-state index in [-0.39, 0.29) is 5.56 Å². The van der Waals surface area contributed by atoms with Gasteiger partial charge in [0.1, 0.15) is 12.1 Å². The van der Waals surface area contributed by atoms with Crippen LogP contribution >= 0.6 is 0 Å². The topological polar surface area (TPSA) is 51.0 Å². The molecule has 0 bridgehead atoms. The Morgan fingerprint density at radius 2 is 2.00 bits per heavy atom. The zero-order valence-corrected chi connectivity index (χ0v) is 11.7. The van der Waals surface area contributed by atoms with Crippen LogP contribution < -0.4 is 10.5 Å². The van der Waals surface area contributed by atoms with Crippen molar-refractivity contribution in [1.29, 1.82) is 0 Å². The van der Waals surface area contributed by atoms with E-state index in [2.05, 4.69) is 9.97 Å². The van der Waals surface area contributed by atoms with Gasteiger partial charge in [0.05, 0.1) is 12.2 Å². The van der Waals surface area contributed by atoms with Crippen LogP contribution in [0, 0.1) is 13.8 Å². The molecule has 2 aromatic heterocycles. The summed E-state index contributed by atoms with van der Waals surface area (Å²) < 4.78 is 1.67. The molecule has 0 atom stereocenters. The van der Waals surface area contributed by atoms with E-state index in [1.165, 1.54) is 0 Å². The summed E-state index contributed by atoms with van der Waals surface area (Å²) in [7, 11) is 3.88. The molecule has 5 nitrogen and oxygen atoms in total. The standard InChI is InChI=1S/C14H18N4O/c1-10-6-5-7-18(14(10)19)8-12-11(2)13(17(3)4)16-9-15-12/h5-7,9H,8H2,1-4H3. The van der Waals surface area contributed by atoms with Crippen molar-refractivity contribution < 1.29 is 0 Å². The minimum Gasteiger partial charge on any atom is -0.362 e. The molecule has 0 unspecified atom stereocenters. The number of hydrogen-bond donors (Lipinski definition) is 0. The second-order valence-corrected chi connectivity index (χ2v) is 4.79. The first-order chi connectivity index (χ1) is 9.00. The van der Waals surface area contributed by atoms with Crippen LogP contribution in [0.2, 0.25) is 0 Å². The largest absolute Gasteiger partial charge is 0.362 e. The number of aromatic nitrogens is 3. The van der Waals surface area contributed by atoms with Crippen molar-refractivity contribution in [1.82, 2.24) is 14.5 Å². The Morgan fingerprint density at radius 3 is 2.68 bits per heavy atom. The van der Waals surface area contributed by atoms with Crippen LogP contribution in [0.4, 0.5) is 5.82 Å². The second-order valence-electron chi connectivity index (χ2n) is 4.79. The molecular formula is C14H18N4O. The summed E-state index contributed by atoms with van der Waals surface area (Å²) in [5.74, 6) is 0.880. The van der Waals surface area contributed by atoms with E-state index in [9.17, 15) is 4.79 Å². The molecule has 0 aliphatic carbocycles.